The summed E-state index contributed by atoms with van der Waals surface area (Å²) in [6.45, 7) is 10.5. The largest absolute Gasteiger partial charge is 2.00 e. The van der Waals surface area contributed by atoms with Gasteiger partial charge in [-0.25, -0.2) is 0 Å². The summed E-state index contributed by atoms with van der Waals surface area (Å²) in [6.07, 6.45) is 123. The van der Waals surface area contributed by atoms with Gasteiger partial charge in [-0.05, 0) is 103 Å². The Hall–Kier alpha value is 0.187. The van der Waals surface area contributed by atoms with Gasteiger partial charge >= 0.3 is 71.7 Å². The quantitative estimate of drug-likeness (QED) is 0.0145. The first-order valence-electron chi connectivity index (χ1n) is 50.8. The van der Waals surface area contributed by atoms with E-state index >= 15 is 0 Å². The van der Waals surface area contributed by atoms with E-state index in [9.17, 15) is 19.2 Å². The van der Waals surface area contributed by atoms with E-state index in [2.05, 4.69) is 76.3 Å². The van der Waals surface area contributed by atoms with Crippen LogP contribution in [0, 0.1) is 0 Å². The molecular weight excluding hydrogens is 1800 g/mol. The second-order valence-electron chi connectivity index (χ2n) is 33.5. The minimum Gasteiger partial charge on any atom is -0.789 e. The molecule has 716 valence electrons. The predicted octanol–water partition coefficient (Wildman–Crippen LogP) is 34.4. The molecular formula is C106H206O8S5Sn2. The van der Waals surface area contributed by atoms with E-state index in [-0.39, 0.29) is 100 Å². The number of esters is 4. The summed E-state index contributed by atoms with van der Waals surface area (Å²) >= 11 is 19.0. The molecule has 0 aliphatic heterocycles. The van der Waals surface area contributed by atoms with E-state index in [4.69, 9.17) is 69.5 Å². The SMILES string of the molecule is C.C.CCC/C=C/CCCCCCCCCCCCCCCCCCC(=O)OCC[S-].CCC/C=C/CCCCCCCCCCCCCCCCCCC(=O)OCC[S-].CCC/C=C/CCCCCCCCCCCCCCCCCCC(=O)OCC[S-].CCC/C=C/CCCCCCCCCCCCCCCCCCC(=O)OCC[S-].S.[Sn+2].[Sn+2]. The van der Waals surface area contributed by atoms with Gasteiger partial charge in [0.25, 0.3) is 0 Å². The van der Waals surface area contributed by atoms with E-state index in [1.807, 2.05) is 0 Å². The number of allylic oxidation sites excluding steroid dienone is 8. The summed E-state index contributed by atoms with van der Waals surface area (Å²) in [6, 6.07) is 0. The Morgan fingerprint density at radius 1 is 0.182 bits per heavy atom. The standard InChI is InChI=1S/4C26H50O2S.2CH4.H2S.2Sn/c4*1-2-3-4-5-6-7-8-9-10-11-12-13-14-15-16-17-18-19-20-21-22-23-26(27)28-24-25-29;;;;;/h4*4-5,29H,2-3,6-25H2,1H3;2*1H4;1H2;;/q;;;;;;;2*+2/p-4/b4*5-4+;;;;;. The Balaban J connectivity index is -0.000000195. The number of hydrogen-bond acceptors (Lipinski definition) is 12. The van der Waals surface area contributed by atoms with Crippen molar-refractivity contribution >= 4 is 136 Å². The number of rotatable bonds is 92. The molecule has 121 heavy (non-hydrogen) atoms. The first kappa shape index (κ1) is 139. The molecule has 0 N–H and O–H groups in total. The van der Waals surface area contributed by atoms with Crippen LogP contribution in [0.1, 0.15) is 556 Å². The molecule has 4 radical (unpaired) electrons. The van der Waals surface area contributed by atoms with Gasteiger partial charge in [-0.1, -0.05) is 476 Å². The summed E-state index contributed by atoms with van der Waals surface area (Å²) in [5.74, 6) is 1.70. The maximum atomic E-state index is 11.3. The van der Waals surface area contributed by atoms with E-state index in [0.29, 0.717) is 75.1 Å². The van der Waals surface area contributed by atoms with Gasteiger partial charge in [0.05, 0.1) is 26.4 Å². The van der Waals surface area contributed by atoms with Crippen LogP contribution in [0.4, 0.5) is 0 Å². The monoisotopic (exact) mass is 2010 g/mol. The predicted molar refractivity (Wildman–Crippen MR) is 557 cm³/mol. The minimum atomic E-state index is -0.0786. The van der Waals surface area contributed by atoms with Crippen LogP contribution in [0.3, 0.4) is 0 Å². The normalized spacial score (nSPS) is 10.9. The van der Waals surface area contributed by atoms with Crippen LogP contribution in [0.5, 0.6) is 0 Å². The molecule has 0 aromatic rings. The second kappa shape index (κ2) is 136. The molecule has 0 fully saturated rings. The van der Waals surface area contributed by atoms with Crippen LogP contribution in [0.25, 0.3) is 0 Å². The smallest absolute Gasteiger partial charge is 0.789 e. The third kappa shape index (κ3) is 143. The van der Waals surface area contributed by atoms with Gasteiger partial charge in [0.2, 0.25) is 0 Å². The average Bonchev–Trinajstić information content (AvgIpc) is 1.07. The first-order chi connectivity index (χ1) is 57.2. The van der Waals surface area contributed by atoms with Crippen LogP contribution in [-0.2, 0) is 88.6 Å². The molecule has 0 bridgehead atoms. The average molecular weight is 2010 g/mol. The van der Waals surface area contributed by atoms with Gasteiger partial charge in [0.1, 0.15) is 0 Å². The van der Waals surface area contributed by atoms with Crippen molar-refractivity contribution in [2.45, 2.75) is 556 Å². The fourth-order valence-electron chi connectivity index (χ4n) is 14.5. The first-order valence-corrected chi connectivity index (χ1v) is 53.1. The molecule has 0 amide bonds. The van der Waals surface area contributed by atoms with Crippen LogP contribution < -0.4 is 0 Å². The third-order valence-electron chi connectivity index (χ3n) is 21.9. The van der Waals surface area contributed by atoms with Crippen molar-refractivity contribution in [1.29, 1.82) is 0 Å². The maximum absolute atomic E-state index is 11.3. The molecule has 0 atom stereocenters. The zero-order chi connectivity index (χ0) is 85.0. The van der Waals surface area contributed by atoms with Crippen molar-refractivity contribution in [3.63, 3.8) is 0 Å². The fourth-order valence-corrected chi connectivity index (χ4v) is 14.9. The molecule has 0 rings (SSSR count). The van der Waals surface area contributed by atoms with Gasteiger partial charge in [-0.15, -0.1) is 23.0 Å². The number of unbranched alkanes of at least 4 members (excludes halogenated alkanes) is 68. The molecule has 0 aromatic heterocycles. The van der Waals surface area contributed by atoms with Gasteiger partial charge < -0.3 is 69.5 Å². The fraction of sp³-hybridized carbons (Fsp3) is 0.887. The Bertz CT molecular complexity index is 1710. The zero-order valence-electron chi connectivity index (χ0n) is 79.2. The Kier molecular flexibility index (Phi) is 156. The van der Waals surface area contributed by atoms with Gasteiger partial charge in [-0.3, -0.25) is 19.2 Å². The van der Waals surface area contributed by atoms with Crippen molar-refractivity contribution in [2.75, 3.05) is 49.4 Å². The van der Waals surface area contributed by atoms with Crippen molar-refractivity contribution < 1.29 is 38.1 Å². The molecule has 0 aromatic carbocycles. The molecule has 0 saturated carbocycles. The van der Waals surface area contributed by atoms with Crippen molar-refractivity contribution in [3.8, 4) is 0 Å². The number of hydrogen-bond donors (Lipinski definition) is 0. The molecule has 15 heteroatoms. The molecule has 0 saturated heterocycles. The molecule has 0 aliphatic rings. The van der Waals surface area contributed by atoms with Crippen molar-refractivity contribution in [3.05, 3.63) is 48.6 Å². The van der Waals surface area contributed by atoms with Crippen LogP contribution in [0.2, 0.25) is 0 Å². The van der Waals surface area contributed by atoms with Crippen LogP contribution >= 0.6 is 13.5 Å². The van der Waals surface area contributed by atoms with E-state index in [1.54, 1.807) is 0 Å². The topological polar surface area (TPSA) is 105 Å². The van der Waals surface area contributed by atoms with Crippen LogP contribution in [-0.4, -0.2) is 121 Å². The number of carbonyl (C=O) groups is 4. The van der Waals surface area contributed by atoms with E-state index in [0.717, 1.165) is 51.4 Å². The Labute approximate surface area is 820 Å². The molecule has 8 nitrogen and oxygen atoms in total. The molecule has 0 spiro atoms. The van der Waals surface area contributed by atoms with Crippen molar-refractivity contribution in [2.24, 2.45) is 0 Å². The minimum absolute atomic E-state index is 0. The summed E-state index contributed by atoms with van der Waals surface area (Å²) in [7, 11) is 0. The Morgan fingerprint density at radius 3 is 0.388 bits per heavy atom. The molecule has 0 heterocycles. The van der Waals surface area contributed by atoms with Crippen molar-refractivity contribution in [1.82, 2.24) is 0 Å². The number of ether oxygens (including phenoxy) is 4. The summed E-state index contributed by atoms with van der Waals surface area (Å²) in [5, 5.41) is 0. The second-order valence-corrected chi connectivity index (χ2v) is 35.2. The maximum Gasteiger partial charge on any atom is 2.00 e. The van der Waals surface area contributed by atoms with Gasteiger partial charge in [-0.2, -0.15) is 13.5 Å². The van der Waals surface area contributed by atoms with E-state index < -0.39 is 0 Å². The third-order valence-corrected chi connectivity index (χ3v) is 22.5. The summed E-state index contributed by atoms with van der Waals surface area (Å²) in [5.41, 5.74) is 0. The van der Waals surface area contributed by atoms with Gasteiger partial charge in [0.15, 0.2) is 0 Å². The molecule has 0 aliphatic carbocycles. The van der Waals surface area contributed by atoms with Gasteiger partial charge in [0, 0.05) is 25.7 Å². The molecule has 0 unspecified atom stereocenters. The van der Waals surface area contributed by atoms with E-state index in [1.165, 1.54) is 437 Å². The summed E-state index contributed by atoms with van der Waals surface area (Å²) < 4.78 is 20.0. The number of carbonyl (C=O) groups excluding carboxylic acids is 4. The Morgan fingerprint density at radius 2 is 0.281 bits per heavy atom. The summed E-state index contributed by atoms with van der Waals surface area (Å²) in [4.78, 5) is 45.3. The van der Waals surface area contributed by atoms with Crippen LogP contribution in [0.15, 0.2) is 48.6 Å². The zero-order valence-corrected chi connectivity index (χ0v) is 89.2.